The molecule has 2 unspecified atom stereocenters. The fourth-order valence-electron chi connectivity index (χ4n) is 2.03. The lowest BCUT2D eigenvalue weighted by Gasteiger charge is -2.28. The van der Waals surface area contributed by atoms with Crippen LogP contribution in [0.15, 0.2) is 11.4 Å². The highest BCUT2D eigenvalue weighted by Gasteiger charge is 2.39. The Bertz CT molecular complexity index is 390. The molecule has 88 valence electrons. The molecule has 1 aliphatic rings. The number of carboxylic acids is 1. The lowest BCUT2D eigenvalue weighted by molar-refractivity contribution is -0.00756. The van der Waals surface area contributed by atoms with Crippen molar-refractivity contribution in [1.82, 2.24) is 0 Å². The summed E-state index contributed by atoms with van der Waals surface area (Å²) in [6, 6.07) is 1.53. The van der Waals surface area contributed by atoms with Gasteiger partial charge in [-0.2, -0.15) is 0 Å². The maximum absolute atomic E-state index is 11.0. The monoisotopic (exact) mass is 242 g/mol. The molecule has 1 fully saturated rings. The zero-order chi connectivity index (χ0) is 11.8. The van der Waals surface area contributed by atoms with Crippen LogP contribution in [0.2, 0.25) is 0 Å². The highest BCUT2D eigenvalue weighted by molar-refractivity contribution is 7.10. The van der Waals surface area contributed by atoms with Crippen molar-refractivity contribution in [2.45, 2.75) is 18.9 Å². The van der Waals surface area contributed by atoms with Crippen molar-refractivity contribution in [2.75, 3.05) is 13.2 Å². The van der Waals surface area contributed by atoms with E-state index in [1.165, 1.54) is 17.4 Å². The van der Waals surface area contributed by atoms with Crippen molar-refractivity contribution in [3.63, 3.8) is 0 Å². The third kappa shape index (κ3) is 1.86. The number of carboxylic acid groups (broad SMARTS) is 1. The number of rotatable bonds is 3. The number of hydrogen-bond acceptors (Lipinski definition) is 4. The Morgan fingerprint density at radius 2 is 2.44 bits per heavy atom. The second-order valence-electron chi connectivity index (χ2n) is 4.18. The molecule has 0 amide bonds. The van der Waals surface area contributed by atoms with Crippen LogP contribution < -0.4 is 0 Å². The van der Waals surface area contributed by atoms with Crippen LogP contribution in [0.5, 0.6) is 0 Å². The minimum Gasteiger partial charge on any atom is -0.478 e. The molecule has 0 spiro atoms. The first-order chi connectivity index (χ1) is 7.53. The van der Waals surface area contributed by atoms with Gasteiger partial charge in [0.05, 0.1) is 17.0 Å². The van der Waals surface area contributed by atoms with Crippen molar-refractivity contribution in [3.8, 4) is 0 Å². The van der Waals surface area contributed by atoms with Crippen LogP contribution in [-0.4, -0.2) is 29.4 Å². The van der Waals surface area contributed by atoms with Crippen LogP contribution in [-0.2, 0) is 10.3 Å². The molecule has 2 heterocycles. The number of carbonyl (C=O) groups is 1. The molecule has 2 N–H and O–H groups in total. The molecule has 0 saturated carbocycles. The van der Waals surface area contributed by atoms with E-state index in [-0.39, 0.29) is 11.5 Å². The molecule has 2 rings (SSSR count). The molecular formula is C11H14O4S. The van der Waals surface area contributed by atoms with Crippen LogP contribution in [0.3, 0.4) is 0 Å². The predicted octanol–water partition coefficient (Wildman–Crippen LogP) is 1.69. The highest BCUT2D eigenvalue weighted by Crippen LogP contribution is 2.39. The van der Waals surface area contributed by atoms with E-state index in [0.717, 1.165) is 6.42 Å². The first-order valence-corrected chi connectivity index (χ1v) is 6.03. The number of hydrogen-bond donors (Lipinski definition) is 2. The second kappa shape index (κ2) is 4.16. The van der Waals surface area contributed by atoms with Crippen LogP contribution in [0.25, 0.3) is 0 Å². The summed E-state index contributed by atoms with van der Waals surface area (Å²) in [7, 11) is 0. The van der Waals surface area contributed by atoms with Gasteiger partial charge in [-0.15, -0.1) is 11.3 Å². The van der Waals surface area contributed by atoms with Crippen molar-refractivity contribution in [2.24, 2.45) is 5.92 Å². The fraction of sp³-hybridized carbons (Fsp3) is 0.545. The molecule has 0 aliphatic carbocycles. The maximum Gasteiger partial charge on any atom is 0.336 e. The van der Waals surface area contributed by atoms with E-state index in [2.05, 4.69) is 0 Å². The first-order valence-electron chi connectivity index (χ1n) is 5.15. The smallest absolute Gasteiger partial charge is 0.336 e. The minimum absolute atomic E-state index is 0.0238. The number of thiophene rings is 1. The van der Waals surface area contributed by atoms with Gasteiger partial charge in [0, 0.05) is 12.5 Å². The molecule has 1 aromatic rings. The Labute approximate surface area is 97.5 Å². The average Bonchev–Trinajstić information content (AvgIpc) is 2.89. The molecule has 5 heteroatoms. The molecule has 0 bridgehead atoms. The third-order valence-corrected chi connectivity index (χ3v) is 4.22. The molecule has 0 radical (unpaired) electrons. The Balaban J connectivity index is 2.34. The van der Waals surface area contributed by atoms with Crippen molar-refractivity contribution >= 4 is 17.3 Å². The summed E-state index contributed by atoms with van der Waals surface area (Å²) in [6.07, 6.45) is 0.768. The zero-order valence-corrected chi connectivity index (χ0v) is 9.79. The van der Waals surface area contributed by atoms with Gasteiger partial charge in [0.2, 0.25) is 0 Å². The van der Waals surface area contributed by atoms with E-state index < -0.39 is 11.6 Å². The summed E-state index contributed by atoms with van der Waals surface area (Å²) in [5.41, 5.74) is -0.917. The predicted molar refractivity (Wildman–Crippen MR) is 59.8 cm³/mol. The topological polar surface area (TPSA) is 66.8 Å². The summed E-state index contributed by atoms with van der Waals surface area (Å²) < 4.78 is 5.24. The van der Waals surface area contributed by atoms with E-state index in [1.807, 2.05) is 0 Å². The van der Waals surface area contributed by atoms with Crippen LogP contribution in [0.4, 0.5) is 0 Å². The Morgan fingerprint density at radius 3 is 3.00 bits per heavy atom. The molecule has 0 aromatic carbocycles. The van der Waals surface area contributed by atoms with Crippen molar-refractivity contribution < 1.29 is 19.7 Å². The van der Waals surface area contributed by atoms with E-state index in [4.69, 9.17) is 9.84 Å². The third-order valence-electron chi connectivity index (χ3n) is 3.08. The van der Waals surface area contributed by atoms with Gasteiger partial charge in [0.15, 0.2) is 0 Å². The van der Waals surface area contributed by atoms with Gasteiger partial charge < -0.3 is 14.9 Å². The molecule has 2 atom stereocenters. The lowest BCUT2D eigenvalue weighted by atomic mass is 9.85. The van der Waals surface area contributed by atoms with Gasteiger partial charge in [-0.25, -0.2) is 4.79 Å². The normalized spacial score (nSPS) is 24.2. The van der Waals surface area contributed by atoms with Crippen LogP contribution in [0.1, 0.15) is 28.6 Å². The van der Waals surface area contributed by atoms with Gasteiger partial charge >= 0.3 is 5.97 Å². The molecule has 1 aliphatic heterocycles. The number of aromatic carboxylic acids is 1. The quantitative estimate of drug-likeness (QED) is 0.846. The first kappa shape index (κ1) is 11.6. The molecule has 1 aromatic heterocycles. The summed E-state index contributed by atoms with van der Waals surface area (Å²) >= 11 is 1.29. The van der Waals surface area contributed by atoms with Crippen molar-refractivity contribution in [1.29, 1.82) is 0 Å². The fourth-order valence-corrected chi connectivity index (χ4v) is 3.06. The summed E-state index contributed by atoms with van der Waals surface area (Å²) in [5, 5.41) is 21.2. The van der Waals surface area contributed by atoms with Crippen LogP contribution >= 0.6 is 11.3 Å². The summed E-state index contributed by atoms with van der Waals surface area (Å²) in [4.78, 5) is 11.5. The van der Waals surface area contributed by atoms with E-state index in [9.17, 15) is 9.90 Å². The number of aliphatic hydroxyl groups is 1. The second-order valence-corrected chi connectivity index (χ2v) is 5.09. The van der Waals surface area contributed by atoms with Crippen molar-refractivity contribution in [3.05, 3.63) is 21.9 Å². The average molecular weight is 242 g/mol. The van der Waals surface area contributed by atoms with Gasteiger partial charge in [-0.3, -0.25) is 0 Å². The van der Waals surface area contributed by atoms with Crippen LogP contribution in [0, 0.1) is 5.92 Å². The molecule has 1 saturated heterocycles. The van der Waals surface area contributed by atoms with E-state index >= 15 is 0 Å². The summed E-state index contributed by atoms with van der Waals surface area (Å²) in [5.74, 6) is -1.01. The zero-order valence-electron chi connectivity index (χ0n) is 8.97. The SMILES string of the molecule is CC(O)(c1sccc1C(=O)O)C1CCOC1. The molecule has 16 heavy (non-hydrogen) atoms. The Hall–Kier alpha value is -0.910. The van der Waals surface area contributed by atoms with Gasteiger partial charge in [0.1, 0.15) is 5.60 Å². The van der Waals surface area contributed by atoms with Gasteiger partial charge in [0.25, 0.3) is 0 Å². The van der Waals surface area contributed by atoms with Gasteiger partial charge in [-0.05, 0) is 24.8 Å². The Morgan fingerprint density at radius 1 is 1.69 bits per heavy atom. The lowest BCUT2D eigenvalue weighted by Crippen LogP contribution is -2.32. The summed E-state index contributed by atoms with van der Waals surface area (Å²) in [6.45, 7) is 2.79. The van der Waals surface area contributed by atoms with Gasteiger partial charge in [-0.1, -0.05) is 0 Å². The van der Waals surface area contributed by atoms with E-state index in [1.54, 1.807) is 12.3 Å². The largest absolute Gasteiger partial charge is 0.478 e. The molecule has 4 nitrogen and oxygen atoms in total. The van der Waals surface area contributed by atoms with E-state index in [0.29, 0.717) is 18.1 Å². The number of ether oxygens (including phenoxy) is 1. The Kier molecular flexibility index (Phi) is 3.01. The maximum atomic E-state index is 11.0. The molecular weight excluding hydrogens is 228 g/mol. The minimum atomic E-state index is -1.11. The highest BCUT2D eigenvalue weighted by atomic mass is 32.1. The standard InChI is InChI=1S/C11H14O4S/c1-11(14,7-2-4-15-6-7)9-8(10(12)13)3-5-16-9/h3,5,7,14H,2,4,6H2,1H3,(H,12,13).